The summed E-state index contributed by atoms with van der Waals surface area (Å²) in [5.74, 6) is -0.653. The fraction of sp³-hybridized carbons (Fsp3) is 0.125. The fourth-order valence-electron chi connectivity index (χ4n) is 2.13. The van der Waals surface area contributed by atoms with Crippen molar-refractivity contribution in [2.45, 2.75) is 6.18 Å². The molecule has 0 spiro atoms. The van der Waals surface area contributed by atoms with Gasteiger partial charge in [0.25, 0.3) is 11.8 Å². The topological polar surface area (TPSA) is 76.7 Å². The SMILES string of the molecule is O=C(NNC(=O)c1ccc2c(c1)OCO2)c1cccc(C(F)(F)F)c1. The average molecular weight is 352 g/mol. The summed E-state index contributed by atoms with van der Waals surface area (Å²) < 4.78 is 48.2. The Hall–Kier alpha value is -3.23. The zero-order valence-electron chi connectivity index (χ0n) is 12.5. The van der Waals surface area contributed by atoms with Crippen LogP contribution in [0, 0.1) is 0 Å². The Morgan fingerprint density at radius 3 is 2.20 bits per heavy atom. The van der Waals surface area contributed by atoms with Crippen molar-refractivity contribution in [3.8, 4) is 11.5 Å². The minimum Gasteiger partial charge on any atom is -0.454 e. The largest absolute Gasteiger partial charge is 0.454 e. The van der Waals surface area contributed by atoms with Crippen LogP contribution in [0.5, 0.6) is 11.5 Å². The third-order valence-electron chi connectivity index (χ3n) is 3.38. The quantitative estimate of drug-likeness (QED) is 0.815. The van der Waals surface area contributed by atoms with Gasteiger partial charge in [0.1, 0.15) is 0 Å². The van der Waals surface area contributed by atoms with E-state index in [1.54, 1.807) is 0 Å². The smallest absolute Gasteiger partial charge is 0.416 e. The number of nitrogens with one attached hydrogen (secondary N) is 2. The summed E-state index contributed by atoms with van der Waals surface area (Å²) in [5.41, 5.74) is 3.19. The number of hydrazine groups is 1. The van der Waals surface area contributed by atoms with Crippen molar-refractivity contribution in [2.75, 3.05) is 6.79 Å². The Labute approximate surface area is 139 Å². The molecule has 0 unspecified atom stereocenters. The number of fused-ring (bicyclic) bond motifs is 1. The summed E-state index contributed by atoms with van der Waals surface area (Å²) in [4.78, 5) is 23.9. The van der Waals surface area contributed by atoms with Gasteiger partial charge in [-0.3, -0.25) is 20.4 Å². The molecular formula is C16H11F3N2O4. The van der Waals surface area contributed by atoms with Gasteiger partial charge in [-0.2, -0.15) is 13.2 Å². The van der Waals surface area contributed by atoms with Gasteiger partial charge in [0, 0.05) is 11.1 Å². The molecule has 0 aromatic heterocycles. The highest BCUT2D eigenvalue weighted by Gasteiger charge is 2.30. The molecule has 6 nitrogen and oxygen atoms in total. The number of hydrogen-bond donors (Lipinski definition) is 2. The molecule has 2 aromatic carbocycles. The van der Waals surface area contributed by atoms with Crippen LogP contribution >= 0.6 is 0 Å². The van der Waals surface area contributed by atoms with E-state index in [1.165, 1.54) is 24.3 Å². The van der Waals surface area contributed by atoms with Crippen molar-refractivity contribution in [2.24, 2.45) is 0 Å². The van der Waals surface area contributed by atoms with Crippen LogP contribution in [0.25, 0.3) is 0 Å². The Kier molecular flexibility index (Phi) is 4.22. The maximum absolute atomic E-state index is 12.7. The molecule has 130 valence electrons. The molecule has 0 fully saturated rings. The highest BCUT2D eigenvalue weighted by molar-refractivity contribution is 5.99. The van der Waals surface area contributed by atoms with Crippen molar-refractivity contribution in [1.29, 1.82) is 0 Å². The molecule has 1 aliphatic rings. The summed E-state index contributed by atoms with van der Waals surface area (Å²) in [6.45, 7) is 0.0483. The molecular weight excluding hydrogens is 341 g/mol. The number of rotatable bonds is 2. The molecule has 0 bridgehead atoms. The lowest BCUT2D eigenvalue weighted by Gasteiger charge is -2.10. The molecule has 2 aromatic rings. The minimum atomic E-state index is -4.56. The van der Waals surface area contributed by atoms with E-state index < -0.39 is 23.6 Å². The van der Waals surface area contributed by atoms with E-state index in [9.17, 15) is 22.8 Å². The first-order valence-corrected chi connectivity index (χ1v) is 7.02. The maximum Gasteiger partial charge on any atom is 0.416 e. The lowest BCUT2D eigenvalue weighted by atomic mass is 10.1. The van der Waals surface area contributed by atoms with Gasteiger partial charge < -0.3 is 9.47 Å². The minimum absolute atomic E-state index is 0.0483. The molecule has 1 aliphatic heterocycles. The molecule has 1 heterocycles. The van der Waals surface area contributed by atoms with Gasteiger partial charge >= 0.3 is 6.18 Å². The number of hydrogen-bond acceptors (Lipinski definition) is 4. The predicted molar refractivity (Wildman–Crippen MR) is 78.9 cm³/mol. The van der Waals surface area contributed by atoms with Crippen molar-refractivity contribution in [1.82, 2.24) is 10.9 Å². The van der Waals surface area contributed by atoms with Gasteiger partial charge in [0.2, 0.25) is 6.79 Å². The second-order valence-electron chi connectivity index (χ2n) is 5.05. The van der Waals surface area contributed by atoms with E-state index in [0.717, 1.165) is 12.1 Å². The number of alkyl halides is 3. The molecule has 2 amide bonds. The van der Waals surface area contributed by atoms with Gasteiger partial charge in [-0.05, 0) is 36.4 Å². The van der Waals surface area contributed by atoms with Gasteiger partial charge in [0.15, 0.2) is 11.5 Å². The first kappa shape index (κ1) is 16.6. The zero-order valence-corrected chi connectivity index (χ0v) is 12.5. The number of benzene rings is 2. The highest BCUT2D eigenvalue weighted by Crippen LogP contribution is 2.32. The van der Waals surface area contributed by atoms with E-state index in [2.05, 4.69) is 10.9 Å². The lowest BCUT2D eigenvalue weighted by molar-refractivity contribution is -0.137. The standard InChI is InChI=1S/C16H11F3N2O4/c17-16(18,19)11-3-1-2-9(6-11)14(22)20-21-15(23)10-4-5-12-13(7-10)25-8-24-12/h1-7H,8H2,(H,20,22)(H,21,23). The number of carbonyl (C=O) groups is 2. The van der Waals surface area contributed by atoms with Gasteiger partial charge in [0.05, 0.1) is 5.56 Å². The van der Waals surface area contributed by atoms with Crippen LogP contribution in [0.3, 0.4) is 0 Å². The van der Waals surface area contributed by atoms with Crippen LogP contribution in [0.1, 0.15) is 26.3 Å². The molecule has 0 atom stereocenters. The van der Waals surface area contributed by atoms with Crippen LogP contribution in [-0.2, 0) is 6.18 Å². The van der Waals surface area contributed by atoms with E-state index >= 15 is 0 Å². The third-order valence-corrected chi connectivity index (χ3v) is 3.38. The Morgan fingerprint density at radius 2 is 1.52 bits per heavy atom. The molecule has 3 rings (SSSR count). The van der Waals surface area contributed by atoms with Crippen LogP contribution in [0.2, 0.25) is 0 Å². The molecule has 2 N–H and O–H groups in total. The molecule has 9 heteroatoms. The summed E-state index contributed by atoms with van der Waals surface area (Å²) in [6, 6.07) is 8.28. The Balaban J connectivity index is 1.65. The summed E-state index contributed by atoms with van der Waals surface area (Å²) in [5, 5.41) is 0. The van der Waals surface area contributed by atoms with Gasteiger partial charge in [-0.15, -0.1) is 0 Å². The van der Waals surface area contributed by atoms with Crippen LogP contribution in [0.4, 0.5) is 13.2 Å². The first-order chi connectivity index (χ1) is 11.8. The first-order valence-electron chi connectivity index (χ1n) is 7.02. The average Bonchev–Trinajstić information content (AvgIpc) is 3.06. The second-order valence-corrected chi connectivity index (χ2v) is 5.05. The third kappa shape index (κ3) is 3.65. The fourth-order valence-corrected chi connectivity index (χ4v) is 2.13. The predicted octanol–water partition coefficient (Wildman–Crippen LogP) is 2.51. The van der Waals surface area contributed by atoms with Crippen molar-refractivity contribution >= 4 is 11.8 Å². The summed E-state index contributed by atoms with van der Waals surface area (Å²) in [6.07, 6.45) is -4.56. The number of amides is 2. The molecule has 0 saturated carbocycles. The van der Waals surface area contributed by atoms with Crippen molar-refractivity contribution in [3.05, 3.63) is 59.2 Å². The highest BCUT2D eigenvalue weighted by atomic mass is 19.4. The maximum atomic E-state index is 12.7. The zero-order chi connectivity index (χ0) is 18.0. The van der Waals surface area contributed by atoms with Crippen LogP contribution < -0.4 is 20.3 Å². The lowest BCUT2D eigenvalue weighted by Crippen LogP contribution is -2.41. The van der Waals surface area contributed by atoms with E-state index in [1.807, 2.05) is 0 Å². The van der Waals surface area contributed by atoms with E-state index in [0.29, 0.717) is 17.6 Å². The molecule has 25 heavy (non-hydrogen) atoms. The second kappa shape index (κ2) is 6.34. The van der Waals surface area contributed by atoms with Gasteiger partial charge in [-0.25, -0.2) is 0 Å². The van der Waals surface area contributed by atoms with E-state index in [-0.39, 0.29) is 17.9 Å². The number of ether oxygens (including phenoxy) is 2. The normalized spacial score (nSPS) is 12.6. The van der Waals surface area contributed by atoms with Crippen LogP contribution in [0.15, 0.2) is 42.5 Å². The molecule has 0 saturated heterocycles. The number of halogens is 3. The Morgan fingerprint density at radius 1 is 0.880 bits per heavy atom. The van der Waals surface area contributed by atoms with E-state index in [4.69, 9.17) is 9.47 Å². The number of carbonyl (C=O) groups excluding carboxylic acids is 2. The van der Waals surface area contributed by atoms with Crippen molar-refractivity contribution in [3.63, 3.8) is 0 Å². The summed E-state index contributed by atoms with van der Waals surface area (Å²) in [7, 11) is 0. The van der Waals surface area contributed by atoms with Gasteiger partial charge in [-0.1, -0.05) is 6.07 Å². The van der Waals surface area contributed by atoms with Crippen molar-refractivity contribution < 1.29 is 32.2 Å². The monoisotopic (exact) mass is 352 g/mol. The van der Waals surface area contributed by atoms with Crippen LogP contribution in [-0.4, -0.2) is 18.6 Å². The Bertz CT molecular complexity index is 836. The summed E-state index contributed by atoms with van der Waals surface area (Å²) >= 11 is 0. The molecule has 0 radical (unpaired) electrons. The molecule has 0 aliphatic carbocycles.